The molecule has 27 heavy (non-hydrogen) atoms. The first-order valence-corrected chi connectivity index (χ1v) is 8.57. The highest BCUT2D eigenvalue weighted by Crippen LogP contribution is 2.36. The van der Waals surface area contributed by atoms with Gasteiger partial charge in [0, 0.05) is 11.6 Å². The number of ether oxygens (including phenoxy) is 1. The van der Waals surface area contributed by atoms with Crippen molar-refractivity contribution >= 4 is 11.6 Å². The number of hydrogen-bond donors (Lipinski definition) is 2. The van der Waals surface area contributed by atoms with E-state index in [2.05, 4.69) is 25.9 Å². The molecule has 138 valence electrons. The number of aromatic nitrogens is 4. The summed E-state index contributed by atoms with van der Waals surface area (Å²) in [4.78, 5) is 24.8. The van der Waals surface area contributed by atoms with Crippen LogP contribution in [0.25, 0.3) is 0 Å². The molecule has 1 saturated carbocycles. The van der Waals surface area contributed by atoms with Crippen molar-refractivity contribution in [1.29, 1.82) is 0 Å². The van der Waals surface area contributed by atoms with E-state index < -0.39 is 11.5 Å². The Labute approximate surface area is 153 Å². The van der Waals surface area contributed by atoms with Crippen LogP contribution in [0.3, 0.4) is 0 Å². The van der Waals surface area contributed by atoms with Gasteiger partial charge in [-0.1, -0.05) is 16.6 Å². The molecule has 4 rings (SSSR count). The van der Waals surface area contributed by atoms with Gasteiger partial charge in [0.2, 0.25) is 0 Å². The van der Waals surface area contributed by atoms with Gasteiger partial charge in [0.05, 0.1) is 0 Å². The third-order valence-electron chi connectivity index (χ3n) is 4.55. The lowest BCUT2D eigenvalue weighted by Crippen LogP contribution is -2.24. The van der Waals surface area contributed by atoms with Gasteiger partial charge >= 0.3 is 11.6 Å². The first-order chi connectivity index (χ1) is 13.1. The highest BCUT2D eigenvalue weighted by molar-refractivity contribution is 6.04. The molecule has 0 aliphatic heterocycles. The van der Waals surface area contributed by atoms with Gasteiger partial charge < -0.3 is 14.5 Å². The summed E-state index contributed by atoms with van der Waals surface area (Å²) < 4.78 is 10.7. The van der Waals surface area contributed by atoms with Gasteiger partial charge in [-0.05, 0) is 60.9 Å². The van der Waals surface area contributed by atoms with Gasteiger partial charge in [0.1, 0.15) is 17.1 Å². The van der Waals surface area contributed by atoms with E-state index in [-0.39, 0.29) is 11.6 Å². The number of H-pyrrole nitrogens is 1. The zero-order valence-electron chi connectivity index (χ0n) is 14.6. The first kappa shape index (κ1) is 17.0. The number of amides is 1. The number of benzene rings is 1. The Kier molecular flexibility index (Phi) is 4.41. The molecule has 2 aromatic heterocycles. The summed E-state index contributed by atoms with van der Waals surface area (Å²) >= 11 is 0. The summed E-state index contributed by atoms with van der Waals surface area (Å²) in [7, 11) is 0. The molecule has 1 fully saturated rings. The Balaban J connectivity index is 1.48. The number of carbonyl (C=O) groups excluding carboxylic acids is 1. The van der Waals surface area contributed by atoms with Crippen LogP contribution in [-0.2, 0) is 0 Å². The van der Waals surface area contributed by atoms with Crippen molar-refractivity contribution in [2.45, 2.75) is 32.1 Å². The Hall–Kier alpha value is -3.49. The highest BCUT2D eigenvalue weighted by Gasteiger charge is 2.25. The topological polar surface area (TPSA) is 123 Å². The molecule has 9 heteroatoms. The molecule has 0 bridgehead atoms. The predicted molar refractivity (Wildman–Crippen MR) is 95.0 cm³/mol. The van der Waals surface area contributed by atoms with Crippen LogP contribution >= 0.6 is 0 Å². The van der Waals surface area contributed by atoms with Gasteiger partial charge in [-0.3, -0.25) is 4.79 Å². The average Bonchev–Trinajstić information content (AvgIpc) is 3.07. The maximum absolute atomic E-state index is 12.5. The predicted octanol–water partition coefficient (Wildman–Crippen LogP) is 2.77. The number of aryl methyl sites for hydroxylation is 1. The molecule has 1 aromatic carbocycles. The molecule has 0 atom stereocenters. The molecular weight excluding hydrogens is 350 g/mol. The third kappa shape index (κ3) is 3.57. The van der Waals surface area contributed by atoms with E-state index in [0.717, 1.165) is 19.3 Å². The van der Waals surface area contributed by atoms with Crippen molar-refractivity contribution in [3.05, 3.63) is 57.6 Å². The smallest absolute Gasteiger partial charge is 0.361 e. The minimum atomic E-state index is -0.605. The zero-order chi connectivity index (χ0) is 18.8. The second-order valence-electron chi connectivity index (χ2n) is 6.40. The van der Waals surface area contributed by atoms with Crippen molar-refractivity contribution in [3.8, 4) is 11.8 Å². The summed E-state index contributed by atoms with van der Waals surface area (Å²) in [6.45, 7) is 1.75. The monoisotopic (exact) mass is 367 g/mol. The normalized spacial score (nSPS) is 13.8. The second kappa shape index (κ2) is 7.02. The lowest BCUT2D eigenvalue weighted by molar-refractivity contribution is 0.102. The molecule has 9 nitrogen and oxygen atoms in total. The number of nitrogens with zero attached hydrogens (tertiary/aromatic N) is 3. The Morgan fingerprint density at radius 2 is 2.07 bits per heavy atom. The summed E-state index contributed by atoms with van der Waals surface area (Å²) in [6, 6.07) is 8.45. The highest BCUT2D eigenvalue weighted by atomic mass is 16.5. The van der Waals surface area contributed by atoms with E-state index in [1.165, 1.54) is 0 Å². The number of nitrogens with one attached hydrogen (secondary N) is 2. The minimum Gasteiger partial charge on any atom is -0.427 e. The first-order valence-electron chi connectivity index (χ1n) is 8.57. The van der Waals surface area contributed by atoms with Crippen molar-refractivity contribution in [2.24, 2.45) is 0 Å². The van der Waals surface area contributed by atoms with Crippen molar-refractivity contribution < 1.29 is 13.9 Å². The summed E-state index contributed by atoms with van der Waals surface area (Å²) in [5.41, 5.74) is 0.543. The molecule has 2 heterocycles. The van der Waals surface area contributed by atoms with E-state index in [9.17, 15) is 9.59 Å². The van der Waals surface area contributed by atoms with Crippen molar-refractivity contribution in [2.75, 3.05) is 5.32 Å². The quantitative estimate of drug-likeness (QED) is 0.710. The van der Waals surface area contributed by atoms with E-state index in [1.807, 2.05) is 0 Å². The van der Waals surface area contributed by atoms with E-state index in [1.54, 1.807) is 37.3 Å². The van der Waals surface area contributed by atoms with Crippen molar-refractivity contribution in [1.82, 2.24) is 20.6 Å². The molecular formula is C18H17N5O4. The van der Waals surface area contributed by atoms with Gasteiger partial charge in [-0.15, -0.1) is 0 Å². The lowest BCUT2D eigenvalue weighted by atomic mass is 9.83. The Morgan fingerprint density at radius 3 is 2.67 bits per heavy atom. The van der Waals surface area contributed by atoms with E-state index in [0.29, 0.717) is 28.7 Å². The summed E-state index contributed by atoms with van der Waals surface area (Å²) in [5.74, 6) is 0.937. The van der Waals surface area contributed by atoms with Crippen LogP contribution in [0.1, 0.15) is 46.9 Å². The SMILES string of the molecule is Cc1cc(C2CCC2)oc(=O)c1C(=O)Nc1ccc(Oc2nn[nH]n2)cc1. The maximum atomic E-state index is 12.5. The fraction of sp³-hybridized carbons (Fsp3) is 0.278. The van der Waals surface area contributed by atoms with Crippen LogP contribution in [0, 0.1) is 6.92 Å². The van der Waals surface area contributed by atoms with Crippen LogP contribution in [0.15, 0.2) is 39.5 Å². The summed E-state index contributed by atoms with van der Waals surface area (Å²) in [6.07, 6.45) is 3.18. The maximum Gasteiger partial charge on any atom is 0.361 e. The Morgan fingerprint density at radius 1 is 1.30 bits per heavy atom. The molecule has 2 N–H and O–H groups in total. The molecule has 1 aliphatic carbocycles. The van der Waals surface area contributed by atoms with Gasteiger partial charge in [-0.25, -0.2) is 4.79 Å². The van der Waals surface area contributed by atoms with Crippen molar-refractivity contribution in [3.63, 3.8) is 0 Å². The number of carbonyl (C=O) groups is 1. The largest absolute Gasteiger partial charge is 0.427 e. The Bertz CT molecular complexity index is 1010. The fourth-order valence-electron chi connectivity index (χ4n) is 2.90. The van der Waals surface area contributed by atoms with Crippen LogP contribution in [0.2, 0.25) is 0 Å². The average molecular weight is 367 g/mol. The van der Waals surface area contributed by atoms with E-state index >= 15 is 0 Å². The number of rotatable bonds is 5. The molecule has 0 saturated heterocycles. The third-order valence-corrected chi connectivity index (χ3v) is 4.55. The second-order valence-corrected chi connectivity index (χ2v) is 6.40. The van der Waals surface area contributed by atoms with Crippen LogP contribution in [0.5, 0.6) is 11.8 Å². The fourth-order valence-corrected chi connectivity index (χ4v) is 2.90. The minimum absolute atomic E-state index is 0.0187. The van der Waals surface area contributed by atoms with E-state index in [4.69, 9.17) is 9.15 Å². The number of tetrazole rings is 1. The molecule has 1 amide bonds. The van der Waals surface area contributed by atoms with Gasteiger partial charge in [-0.2, -0.15) is 5.21 Å². The summed E-state index contributed by atoms with van der Waals surface area (Å²) in [5, 5.41) is 15.7. The van der Waals surface area contributed by atoms with Gasteiger partial charge in [0.25, 0.3) is 5.91 Å². The molecule has 1 aliphatic rings. The number of hydrogen-bond acceptors (Lipinski definition) is 7. The number of anilines is 1. The molecule has 0 spiro atoms. The van der Waals surface area contributed by atoms with Crippen LogP contribution in [-0.4, -0.2) is 26.5 Å². The standard InChI is InChI=1S/C18H17N5O4/c1-10-9-14(11-3-2-4-11)27-17(25)15(10)16(24)19-12-5-7-13(8-6-12)26-18-20-22-23-21-18/h5-9,11H,2-4H2,1H3,(H,19,24)(H,20,21,22,23). The lowest BCUT2D eigenvalue weighted by Gasteiger charge is -2.24. The van der Waals surface area contributed by atoms with Crippen LogP contribution < -0.4 is 15.7 Å². The molecule has 0 radical (unpaired) electrons. The molecule has 0 unspecified atom stereocenters. The zero-order valence-corrected chi connectivity index (χ0v) is 14.6. The number of aromatic amines is 1. The molecule has 3 aromatic rings. The van der Waals surface area contributed by atoms with Crippen LogP contribution in [0.4, 0.5) is 5.69 Å². The van der Waals surface area contributed by atoms with Gasteiger partial charge in [0.15, 0.2) is 0 Å².